The number of carbonyl (C=O) groups excluding carboxylic acids is 2. The van der Waals surface area contributed by atoms with Crippen molar-refractivity contribution in [2.24, 2.45) is 0 Å². The maximum Gasteiger partial charge on any atom is 0.345 e. The van der Waals surface area contributed by atoms with E-state index < -0.39 is 11.9 Å². The van der Waals surface area contributed by atoms with Crippen molar-refractivity contribution in [1.82, 2.24) is 0 Å². The molecule has 0 saturated carbocycles. The summed E-state index contributed by atoms with van der Waals surface area (Å²) in [6, 6.07) is 9.51. The molecule has 0 aliphatic carbocycles. The number of hydrogen-bond acceptors (Lipinski definition) is 4. The van der Waals surface area contributed by atoms with Crippen molar-refractivity contribution in [3.05, 3.63) is 64.8 Å². The Morgan fingerprint density at radius 1 is 0.957 bits per heavy atom. The third-order valence-electron chi connectivity index (χ3n) is 3.00. The van der Waals surface area contributed by atoms with Crippen LogP contribution in [0.4, 0.5) is 0 Å². The van der Waals surface area contributed by atoms with Crippen molar-refractivity contribution >= 4 is 28.6 Å². The van der Waals surface area contributed by atoms with E-state index in [1.807, 2.05) is 37.3 Å². The Bertz CT molecular complexity index is 652. The molecule has 0 aliphatic heterocycles. The zero-order valence-electron chi connectivity index (χ0n) is 13.6. The molecule has 0 heterocycles. The Hall–Kier alpha value is -2.33. The zero-order valence-corrected chi connectivity index (χ0v) is 14.3. The van der Waals surface area contributed by atoms with Gasteiger partial charge in [-0.1, -0.05) is 48.0 Å². The van der Waals surface area contributed by atoms with Gasteiger partial charge in [-0.3, -0.25) is 0 Å². The highest BCUT2D eigenvalue weighted by Gasteiger charge is 2.19. The summed E-state index contributed by atoms with van der Waals surface area (Å²) in [5.74, 6) is -1.50. The van der Waals surface area contributed by atoms with Crippen LogP contribution in [-0.4, -0.2) is 26.2 Å². The molecular weight excluding hydrogens is 316 g/mol. The minimum absolute atomic E-state index is 0.174. The predicted molar refractivity (Wildman–Crippen MR) is 90.8 cm³/mol. The lowest BCUT2D eigenvalue weighted by molar-refractivity contribution is -0.144. The first-order valence-corrected chi connectivity index (χ1v) is 7.27. The minimum atomic E-state index is -0.750. The van der Waals surface area contributed by atoms with Gasteiger partial charge in [0.15, 0.2) is 0 Å². The molecule has 0 atom stereocenters. The zero-order chi connectivity index (χ0) is 17.4. The molecule has 0 aromatic heterocycles. The summed E-state index contributed by atoms with van der Waals surface area (Å²) in [6.07, 6.45) is 3.19. The van der Waals surface area contributed by atoms with E-state index in [1.54, 1.807) is 13.0 Å². The fraction of sp³-hybridized carbons (Fsp3) is 0.222. The van der Waals surface area contributed by atoms with Gasteiger partial charge in [0.1, 0.15) is 5.57 Å². The first kappa shape index (κ1) is 18.7. The molecule has 0 N–H and O–H groups in total. The quantitative estimate of drug-likeness (QED) is 0.270. The van der Waals surface area contributed by atoms with Gasteiger partial charge >= 0.3 is 11.9 Å². The third kappa shape index (κ3) is 5.42. The molecule has 1 aromatic rings. The van der Waals surface area contributed by atoms with E-state index in [2.05, 4.69) is 9.47 Å². The summed E-state index contributed by atoms with van der Waals surface area (Å²) in [4.78, 5) is 23.3. The normalized spacial score (nSPS) is 12.1. The molecule has 122 valence electrons. The molecule has 1 rings (SSSR count). The topological polar surface area (TPSA) is 52.6 Å². The van der Waals surface area contributed by atoms with Crippen LogP contribution in [0.25, 0.3) is 5.03 Å². The van der Waals surface area contributed by atoms with Gasteiger partial charge in [0, 0.05) is 0 Å². The van der Waals surface area contributed by atoms with Gasteiger partial charge in [0.05, 0.1) is 19.3 Å². The van der Waals surface area contributed by atoms with Crippen molar-refractivity contribution in [2.45, 2.75) is 13.8 Å². The predicted octanol–water partition coefficient (Wildman–Crippen LogP) is 3.88. The molecule has 0 saturated heterocycles. The molecule has 23 heavy (non-hydrogen) atoms. The first-order valence-electron chi connectivity index (χ1n) is 6.89. The van der Waals surface area contributed by atoms with Crippen molar-refractivity contribution in [1.29, 1.82) is 0 Å². The van der Waals surface area contributed by atoms with Crippen molar-refractivity contribution < 1.29 is 19.1 Å². The first-order chi connectivity index (χ1) is 10.9. The minimum Gasteiger partial charge on any atom is -0.465 e. The molecular formula is C18H19ClO4. The lowest BCUT2D eigenvalue weighted by atomic mass is 10.1. The molecule has 0 fully saturated rings. The average Bonchev–Trinajstić information content (AvgIpc) is 2.58. The summed E-state index contributed by atoms with van der Waals surface area (Å²) < 4.78 is 9.17. The highest BCUT2D eigenvalue weighted by atomic mass is 35.5. The van der Waals surface area contributed by atoms with Crippen LogP contribution >= 0.6 is 11.6 Å². The fourth-order valence-corrected chi connectivity index (χ4v) is 2.09. The summed E-state index contributed by atoms with van der Waals surface area (Å²) in [6.45, 7) is 3.60. The SMILES string of the molecule is COC(=O)C(=C/C(C)=C/C(C)=C(/Cl)c1ccccc1)C(=O)OC. The van der Waals surface area contributed by atoms with Crippen LogP contribution in [0.3, 0.4) is 0 Å². The van der Waals surface area contributed by atoms with E-state index in [-0.39, 0.29) is 5.57 Å². The van der Waals surface area contributed by atoms with Crippen LogP contribution in [0, 0.1) is 0 Å². The van der Waals surface area contributed by atoms with E-state index in [9.17, 15) is 9.59 Å². The van der Waals surface area contributed by atoms with Gasteiger partial charge in [-0.15, -0.1) is 0 Å². The number of hydrogen-bond donors (Lipinski definition) is 0. The van der Waals surface area contributed by atoms with Gasteiger partial charge < -0.3 is 9.47 Å². The Kier molecular flexibility index (Phi) is 7.29. The summed E-state index contributed by atoms with van der Waals surface area (Å²) in [5.41, 5.74) is 2.19. The van der Waals surface area contributed by atoms with Crippen LogP contribution in [-0.2, 0) is 19.1 Å². The number of rotatable bonds is 5. The van der Waals surface area contributed by atoms with Gasteiger partial charge in [0.2, 0.25) is 0 Å². The lowest BCUT2D eigenvalue weighted by Gasteiger charge is -2.05. The summed E-state index contributed by atoms with van der Waals surface area (Å²) in [5, 5.41) is 0.594. The van der Waals surface area contributed by atoms with Crippen molar-refractivity contribution in [2.75, 3.05) is 14.2 Å². The number of carbonyl (C=O) groups is 2. The molecule has 0 aliphatic rings. The van der Waals surface area contributed by atoms with Crippen LogP contribution in [0.15, 0.2) is 59.2 Å². The number of esters is 2. The van der Waals surface area contributed by atoms with Gasteiger partial charge in [0.25, 0.3) is 0 Å². The number of allylic oxidation sites excluding steroid dienone is 4. The molecule has 0 amide bonds. The third-order valence-corrected chi connectivity index (χ3v) is 3.52. The highest BCUT2D eigenvalue weighted by molar-refractivity contribution is 6.49. The largest absolute Gasteiger partial charge is 0.465 e. The average molecular weight is 335 g/mol. The Morgan fingerprint density at radius 3 is 1.96 bits per heavy atom. The van der Waals surface area contributed by atoms with Crippen molar-refractivity contribution in [3.63, 3.8) is 0 Å². The van der Waals surface area contributed by atoms with Crippen LogP contribution < -0.4 is 0 Å². The van der Waals surface area contributed by atoms with E-state index in [1.165, 1.54) is 20.3 Å². The van der Waals surface area contributed by atoms with Gasteiger partial charge in [-0.25, -0.2) is 9.59 Å². The summed E-state index contributed by atoms with van der Waals surface area (Å²) >= 11 is 6.35. The molecule has 0 radical (unpaired) electrons. The number of methoxy groups -OCH3 is 2. The number of benzene rings is 1. The van der Waals surface area contributed by atoms with Gasteiger partial charge in [-0.05, 0) is 36.6 Å². The highest BCUT2D eigenvalue weighted by Crippen LogP contribution is 2.24. The maximum absolute atomic E-state index is 11.6. The van der Waals surface area contributed by atoms with Crippen LogP contribution in [0.5, 0.6) is 0 Å². The second-order valence-corrected chi connectivity index (χ2v) is 5.17. The second-order valence-electron chi connectivity index (χ2n) is 4.79. The molecule has 0 spiro atoms. The van der Waals surface area contributed by atoms with E-state index >= 15 is 0 Å². The molecule has 4 nitrogen and oxygen atoms in total. The monoisotopic (exact) mass is 334 g/mol. The molecule has 5 heteroatoms. The Labute approximate surface area is 141 Å². The van der Waals surface area contributed by atoms with Crippen molar-refractivity contribution in [3.8, 4) is 0 Å². The van der Waals surface area contributed by atoms with Crippen LogP contribution in [0.1, 0.15) is 19.4 Å². The molecule has 0 bridgehead atoms. The van der Waals surface area contributed by atoms with E-state index in [0.29, 0.717) is 10.6 Å². The van der Waals surface area contributed by atoms with E-state index in [4.69, 9.17) is 11.6 Å². The number of halogens is 1. The standard InChI is InChI=1S/C18H19ClO4/c1-12(11-15(17(20)22-3)18(21)23-4)10-13(2)16(19)14-8-6-5-7-9-14/h5-11H,1-4H3/b12-10+,16-13+. The maximum atomic E-state index is 11.6. The smallest absolute Gasteiger partial charge is 0.345 e. The van der Waals surface area contributed by atoms with E-state index in [0.717, 1.165) is 11.1 Å². The number of ether oxygens (including phenoxy) is 2. The fourth-order valence-electron chi connectivity index (χ4n) is 1.91. The molecule has 1 aromatic carbocycles. The Balaban J connectivity index is 3.17. The second kappa shape index (κ2) is 8.96. The van der Waals surface area contributed by atoms with Gasteiger partial charge in [-0.2, -0.15) is 0 Å². The Morgan fingerprint density at radius 2 is 1.48 bits per heavy atom. The lowest BCUT2D eigenvalue weighted by Crippen LogP contribution is -2.15. The summed E-state index contributed by atoms with van der Waals surface area (Å²) in [7, 11) is 2.41. The van der Waals surface area contributed by atoms with Crippen LogP contribution in [0.2, 0.25) is 0 Å². The molecule has 0 unspecified atom stereocenters.